The summed E-state index contributed by atoms with van der Waals surface area (Å²) in [5.41, 5.74) is 6.95. The van der Waals surface area contributed by atoms with Crippen molar-refractivity contribution in [2.75, 3.05) is 12.3 Å². The lowest BCUT2D eigenvalue weighted by Gasteiger charge is -2.16. The van der Waals surface area contributed by atoms with E-state index in [1.807, 2.05) is 4.57 Å². The van der Waals surface area contributed by atoms with Gasteiger partial charge in [-0.25, -0.2) is 15.0 Å². The van der Waals surface area contributed by atoms with Crippen LogP contribution in [-0.4, -0.2) is 42.4 Å². The second-order valence-corrected chi connectivity index (χ2v) is 5.58. The first-order chi connectivity index (χ1) is 9.17. The third-order valence-electron chi connectivity index (χ3n) is 4.73. The number of anilines is 1. The molecule has 0 spiro atoms. The maximum atomic E-state index is 10.0. The smallest absolute Gasteiger partial charge is 0.165 e. The van der Waals surface area contributed by atoms with Gasteiger partial charge >= 0.3 is 0 Å². The van der Waals surface area contributed by atoms with Crippen LogP contribution in [-0.2, 0) is 5.54 Å². The van der Waals surface area contributed by atoms with Crippen LogP contribution in [0.5, 0.6) is 0 Å². The molecule has 19 heavy (non-hydrogen) atoms. The summed E-state index contributed by atoms with van der Waals surface area (Å²) < 4.78 is 2.00. The summed E-state index contributed by atoms with van der Waals surface area (Å²) in [6.07, 6.45) is 4.28. The van der Waals surface area contributed by atoms with Gasteiger partial charge in [-0.3, -0.25) is 0 Å². The molecule has 7 nitrogen and oxygen atoms in total. The maximum absolute atomic E-state index is 10.0. The zero-order chi connectivity index (χ0) is 13.2. The third kappa shape index (κ3) is 1.26. The van der Waals surface area contributed by atoms with E-state index in [9.17, 15) is 10.2 Å². The molecule has 2 aliphatic rings. The molecule has 0 saturated heterocycles. The normalized spacial score (nSPS) is 36.6. The number of nitrogens with zero attached hydrogens (tertiary/aromatic N) is 4. The van der Waals surface area contributed by atoms with Crippen LogP contribution in [0.4, 0.5) is 5.82 Å². The van der Waals surface area contributed by atoms with Crippen LogP contribution in [0.2, 0.25) is 0 Å². The summed E-state index contributed by atoms with van der Waals surface area (Å²) in [5.74, 6) is 0.618. The number of aliphatic hydroxyl groups is 2. The summed E-state index contributed by atoms with van der Waals surface area (Å²) in [6.45, 7) is 0.0251. The predicted molar refractivity (Wildman–Crippen MR) is 67.0 cm³/mol. The lowest BCUT2D eigenvalue weighted by molar-refractivity contribution is 0.0716. The van der Waals surface area contributed by atoms with Crippen LogP contribution in [0.15, 0.2) is 12.7 Å². The van der Waals surface area contributed by atoms with E-state index in [0.717, 1.165) is 6.42 Å². The van der Waals surface area contributed by atoms with Crippen LogP contribution in [0.1, 0.15) is 12.8 Å². The van der Waals surface area contributed by atoms with Gasteiger partial charge in [-0.15, -0.1) is 0 Å². The number of imidazole rings is 1. The lowest BCUT2D eigenvalue weighted by Crippen LogP contribution is -2.22. The number of fused-ring (bicyclic) bond motifs is 2. The van der Waals surface area contributed by atoms with Crippen LogP contribution >= 0.6 is 0 Å². The summed E-state index contributed by atoms with van der Waals surface area (Å²) in [6, 6.07) is 0. The molecule has 7 heteroatoms. The van der Waals surface area contributed by atoms with Gasteiger partial charge in [-0.2, -0.15) is 0 Å². The average Bonchev–Trinajstić information content (AvgIpc) is 2.83. The Hall–Kier alpha value is -1.73. The Bertz CT molecular complexity index is 657. The number of nitrogen functional groups attached to an aromatic ring is 1. The summed E-state index contributed by atoms with van der Waals surface area (Å²) in [5, 5.41) is 19.4. The molecule has 2 heterocycles. The van der Waals surface area contributed by atoms with E-state index in [0.29, 0.717) is 29.3 Å². The number of hydrogen-bond donors (Lipinski definition) is 3. The number of aromatic nitrogens is 4. The zero-order valence-corrected chi connectivity index (χ0v) is 10.3. The first-order valence-corrected chi connectivity index (χ1v) is 6.40. The quantitative estimate of drug-likeness (QED) is 0.672. The van der Waals surface area contributed by atoms with Crippen LogP contribution in [0.3, 0.4) is 0 Å². The molecule has 2 aromatic rings. The van der Waals surface area contributed by atoms with E-state index >= 15 is 0 Å². The fourth-order valence-electron chi connectivity index (χ4n) is 3.69. The highest BCUT2D eigenvalue weighted by atomic mass is 16.3. The van der Waals surface area contributed by atoms with E-state index in [4.69, 9.17) is 5.73 Å². The fourth-order valence-corrected chi connectivity index (χ4v) is 3.69. The fraction of sp³-hybridized carbons (Fsp3) is 0.583. The molecule has 0 aliphatic heterocycles. The molecule has 100 valence electrons. The van der Waals surface area contributed by atoms with Gasteiger partial charge in [0.25, 0.3) is 0 Å². The van der Waals surface area contributed by atoms with Gasteiger partial charge in [-0.1, -0.05) is 0 Å². The monoisotopic (exact) mass is 261 g/mol. The van der Waals surface area contributed by atoms with Crippen LogP contribution in [0, 0.1) is 11.8 Å². The Morgan fingerprint density at radius 1 is 1.37 bits per heavy atom. The zero-order valence-electron chi connectivity index (χ0n) is 10.3. The largest absolute Gasteiger partial charge is 0.396 e. The van der Waals surface area contributed by atoms with Gasteiger partial charge in [0.1, 0.15) is 11.8 Å². The number of aliphatic hydroxyl groups excluding tert-OH is 2. The summed E-state index contributed by atoms with van der Waals surface area (Å²) in [4.78, 5) is 12.5. The first kappa shape index (κ1) is 11.1. The van der Waals surface area contributed by atoms with E-state index in [1.165, 1.54) is 6.33 Å². The van der Waals surface area contributed by atoms with Crippen molar-refractivity contribution >= 4 is 17.0 Å². The molecule has 2 aliphatic carbocycles. The van der Waals surface area contributed by atoms with Gasteiger partial charge in [0.15, 0.2) is 11.5 Å². The second-order valence-electron chi connectivity index (χ2n) is 5.58. The highest BCUT2D eigenvalue weighted by Crippen LogP contribution is 2.64. The Labute approximate surface area is 109 Å². The summed E-state index contributed by atoms with van der Waals surface area (Å²) >= 11 is 0. The molecule has 0 aromatic carbocycles. The Kier molecular flexibility index (Phi) is 2.01. The molecule has 2 aromatic heterocycles. The minimum atomic E-state index is -0.458. The molecule has 4 N–H and O–H groups in total. The van der Waals surface area contributed by atoms with E-state index < -0.39 is 6.10 Å². The molecule has 2 saturated carbocycles. The van der Waals surface area contributed by atoms with Gasteiger partial charge < -0.3 is 20.5 Å². The second kappa shape index (κ2) is 3.43. The van der Waals surface area contributed by atoms with Crippen molar-refractivity contribution in [2.45, 2.75) is 24.5 Å². The van der Waals surface area contributed by atoms with Crippen molar-refractivity contribution in [1.82, 2.24) is 19.5 Å². The number of nitrogens with two attached hydrogens (primary N) is 1. The Balaban J connectivity index is 1.83. The highest BCUT2D eigenvalue weighted by Gasteiger charge is 2.66. The number of hydrogen-bond acceptors (Lipinski definition) is 6. The average molecular weight is 261 g/mol. The third-order valence-corrected chi connectivity index (χ3v) is 4.73. The van der Waals surface area contributed by atoms with E-state index in [-0.39, 0.29) is 18.1 Å². The van der Waals surface area contributed by atoms with Gasteiger partial charge in [-0.05, 0) is 18.8 Å². The van der Waals surface area contributed by atoms with Crippen LogP contribution < -0.4 is 5.73 Å². The minimum absolute atomic E-state index is 0.0251. The van der Waals surface area contributed by atoms with Crippen molar-refractivity contribution < 1.29 is 10.2 Å². The molecule has 0 amide bonds. The molecule has 4 atom stereocenters. The highest BCUT2D eigenvalue weighted by molar-refractivity contribution is 5.81. The lowest BCUT2D eigenvalue weighted by atomic mass is 10.0. The van der Waals surface area contributed by atoms with Gasteiger partial charge in [0.2, 0.25) is 0 Å². The van der Waals surface area contributed by atoms with Gasteiger partial charge in [0, 0.05) is 12.5 Å². The predicted octanol–water partition coefficient (Wildman–Crippen LogP) is -0.503. The standard InChI is InChI=1S/C12H15N5O2/c13-10-9-11(15-4-14-10)17(5-16-9)12-1-7(12)6(3-18)8(19)2-12/h4-8,18-19H,1-3H2,(H2,13,14,15)/t6-,7-,8-,12-/m0/s1. The Morgan fingerprint density at radius 3 is 2.95 bits per heavy atom. The Morgan fingerprint density at radius 2 is 2.21 bits per heavy atom. The van der Waals surface area contributed by atoms with E-state index in [1.54, 1.807) is 6.33 Å². The SMILES string of the molecule is Nc1ncnc2c1ncn2[C@@]12C[C@H](O)[C@@H](CO)[C@@H]1C2. The van der Waals surface area contributed by atoms with Crippen molar-refractivity contribution in [3.05, 3.63) is 12.7 Å². The number of rotatable bonds is 2. The van der Waals surface area contributed by atoms with Gasteiger partial charge in [0.05, 0.1) is 18.0 Å². The van der Waals surface area contributed by atoms with Crippen LogP contribution in [0.25, 0.3) is 11.2 Å². The van der Waals surface area contributed by atoms with Crippen molar-refractivity contribution in [3.63, 3.8) is 0 Å². The van der Waals surface area contributed by atoms with Crippen molar-refractivity contribution in [1.29, 1.82) is 0 Å². The molecular weight excluding hydrogens is 246 g/mol. The first-order valence-electron chi connectivity index (χ1n) is 6.40. The summed E-state index contributed by atoms with van der Waals surface area (Å²) in [7, 11) is 0. The maximum Gasteiger partial charge on any atom is 0.165 e. The molecule has 0 unspecified atom stereocenters. The molecule has 2 fully saturated rings. The molecule has 0 radical (unpaired) electrons. The van der Waals surface area contributed by atoms with E-state index in [2.05, 4.69) is 15.0 Å². The van der Waals surface area contributed by atoms with Crippen molar-refractivity contribution in [3.8, 4) is 0 Å². The molecule has 0 bridgehead atoms. The topological polar surface area (TPSA) is 110 Å². The molecular formula is C12H15N5O2. The minimum Gasteiger partial charge on any atom is -0.396 e. The molecule has 4 rings (SSSR count). The van der Waals surface area contributed by atoms with Crippen molar-refractivity contribution in [2.24, 2.45) is 11.8 Å².